The lowest BCUT2D eigenvalue weighted by Gasteiger charge is -2.30. The molecule has 0 saturated heterocycles. The summed E-state index contributed by atoms with van der Waals surface area (Å²) in [6.45, 7) is 3.67. The maximum absolute atomic E-state index is 5.80. The van der Waals surface area contributed by atoms with Crippen LogP contribution in [0.1, 0.15) is 24.2 Å². The van der Waals surface area contributed by atoms with E-state index in [1.165, 1.54) is 11.1 Å². The van der Waals surface area contributed by atoms with Crippen LogP contribution in [-0.4, -0.2) is 19.2 Å². The van der Waals surface area contributed by atoms with Crippen LogP contribution in [0, 0.1) is 12.3 Å². The third-order valence-electron chi connectivity index (χ3n) is 2.94. The van der Waals surface area contributed by atoms with Gasteiger partial charge < -0.3 is 10.1 Å². The number of likely N-dealkylation sites (N-methyl/N-ethyl adjacent to an activating group) is 1. The quantitative estimate of drug-likeness (QED) is 0.778. The van der Waals surface area contributed by atoms with E-state index in [9.17, 15) is 0 Å². The number of benzene rings is 1. The molecule has 1 N–H and O–H groups in total. The molecule has 0 saturated carbocycles. The summed E-state index contributed by atoms with van der Waals surface area (Å²) >= 11 is 0. The zero-order valence-corrected chi connectivity index (χ0v) is 9.57. The van der Waals surface area contributed by atoms with Crippen molar-refractivity contribution in [2.24, 2.45) is 0 Å². The monoisotopic (exact) mass is 215 g/mol. The minimum atomic E-state index is -0.0357. The third-order valence-corrected chi connectivity index (χ3v) is 2.94. The average molecular weight is 215 g/mol. The summed E-state index contributed by atoms with van der Waals surface area (Å²) in [4.78, 5) is 0. The highest BCUT2D eigenvalue weighted by Crippen LogP contribution is 2.29. The molecule has 84 valence electrons. The van der Waals surface area contributed by atoms with Crippen molar-refractivity contribution in [2.45, 2.75) is 25.5 Å². The summed E-state index contributed by atoms with van der Waals surface area (Å²) in [7, 11) is 0. The van der Waals surface area contributed by atoms with Crippen LogP contribution in [0.4, 0.5) is 0 Å². The zero-order chi connectivity index (χ0) is 11.4. The van der Waals surface area contributed by atoms with Crippen LogP contribution in [0.15, 0.2) is 24.3 Å². The van der Waals surface area contributed by atoms with Crippen molar-refractivity contribution in [3.63, 3.8) is 0 Å². The van der Waals surface area contributed by atoms with Crippen molar-refractivity contribution in [3.05, 3.63) is 35.4 Å². The fourth-order valence-corrected chi connectivity index (χ4v) is 2.17. The molecule has 1 heterocycles. The Morgan fingerprint density at radius 1 is 1.56 bits per heavy atom. The van der Waals surface area contributed by atoms with Gasteiger partial charge >= 0.3 is 0 Å². The number of ether oxygens (including phenoxy) is 1. The molecule has 0 bridgehead atoms. The summed E-state index contributed by atoms with van der Waals surface area (Å²) in [5, 5.41) is 3.28. The summed E-state index contributed by atoms with van der Waals surface area (Å²) in [6.07, 6.45) is 6.53. The molecule has 1 aromatic carbocycles. The Kier molecular flexibility index (Phi) is 3.61. The summed E-state index contributed by atoms with van der Waals surface area (Å²) < 4.78 is 5.80. The Morgan fingerprint density at radius 2 is 2.38 bits per heavy atom. The minimum Gasteiger partial charge on any atom is -0.370 e. The standard InChI is InChI=1S/C14H17NO/c1-3-13(15-4-2)14-12-8-6-5-7-11(12)9-10-16-14/h1,5-8,13-15H,4,9-10H2,2H3. The van der Waals surface area contributed by atoms with Gasteiger partial charge in [-0.05, 0) is 24.1 Å². The van der Waals surface area contributed by atoms with E-state index >= 15 is 0 Å². The molecule has 1 aromatic rings. The molecule has 0 spiro atoms. The molecule has 1 aliphatic heterocycles. The topological polar surface area (TPSA) is 21.3 Å². The second-order valence-corrected chi connectivity index (χ2v) is 3.94. The highest BCUT2D eigenvalue weighted by molar-refractivity contribution is 5.33. The molecule has 0 amide bonds. The van der Waals surface area contributed by atoms with E-state index in [4.69, 9.17) is 11.2 Å². The van der Waals surface area contributed by atoms with Gasteiger partial charge in [0, 0.05) is 0 Å². The van der Waals surface area contributed by atoms with Crippen molar-refractivity contribution >= 4 is 0 Å². The smallest absolute Gasteiger partial charge is 0.109 e. The molecule has 0 radical (unpaired) electrons. The van der Waals surface area contributed by atoms with Crippen LogP contribution in [0.3, 0.4) is 0 Å². The average Bonchev–Trinajstić information content (AvgIpc) is 2.35. The number of rotatable bonds is 3. The fourth-order valence-electron chi connectivity index (χ4n) is 2.17. The second-order valence-electron chi connectivity index (χ2n) is 3.94. The van der Waals surface area contributed by atoms with Gasteiger partial charge in [-0.15, -0.1) is 6.42 Å². The molecule has 1 aliphatic rings. The summed E-state index contributed by atoms with van der Waals surface area (Å²) in [5.74, 6) is 2.78. The van der Waals surface area contributed by atoms with Crippen molar-refractivity contribution in [1.82, 2.24) is 5.32 Å². The molecule has 2 atom stereocenters. The van der Waals surface area contributed by atoms with Gasteiger partial charge in [-0.25, -0.2) is 0 Å². The molecule has 0 aromatic heterocycles. The van der Waals surface area contributed by atoms with E-state index in [0.717, 1.165) is 19.6 Å². The molecule has 2 unspecified atom stereocenters. The van der Waals surface area contributed by atoms with Crippen LogP contribution in [-0.2, 0) is 11.2 Å². The van der Waals surface area contributed by atoms with Gasteiger partial charge in [-0.3, -0.25) is 0 Å². The predicted octanol–water partition coefficient (Wildman–Crippen LogP) is 1.91. The Labute approximate surface area is 97.0 Å². The minimum absolute atomic E-state index is 0.00472. The van der Waals surface area contributed by atoms with Gasteiger partial charge in [0.25, 0.3) is 0 Å². The van der Waals surface area contributed by atoms with Crippen molar-refractivity contribution in [2.75, 3.05) is 13.2 Å². The van der Waals surface area contributed by atoms with Gasteiger partial charge in [-0.1, -0.05) is 37.1 Å². The third kappa shape index (κ3) is 2.11. The molecule has 16 heavy (non-hydrogen) atoms. The number of terminal acetylenes is 1. The predicted molar refractivity (Wildman–Crippen MR) is 65.1 cm³/mol. The molecular formula is C14H17NO. The molecule has 2 heteroatoms. The Balaban J connectivity index is 2.27. The van der Waals surface area contributed by atoms with E-state index in [1.54, 1.807) is 0 Å². The Hall–Kier alpha value is -1.30. The van der Waals surface area contributed by atoms with E-state index in [1.807, 2.05) is 6.07 Å². The van der Waals surface area contributed by atoms with Crippen LogP contribution >= 0.6 is 0 Å². The SMILES string of the molecule is C#CC(NCC)C1OCCc2ccccc21. The highest BCUT2D eigenvalue weighted by atomic mass is 16.5. The number of hydrogen-bond donors (Lipinski definition) is 1. The van der Waals surface area contributed by atoms with Crippen molar-refractivity contribution in [3.8, 4) is 12.3 Å². The maximum Gasteiger partial charge on any atom is 0.109 e. The Bertz CT molecular complexity index is 394. The number of hydrogen-bond acceptors (Lipinski definition) is 2. The summed E-state index contributed by atoms with van der Waals surface area (Å²) in [6, 6.07) is 8.34. The first-order valence-corrected chi connectivity index (χ1v) is 5.75. The van der Waals surface area contributed by atoms with E-state index < -0.39 is 0 Å². The van der Waals surface area contributed by atoms with Crippen LogP contribution in [0.25, 0.3) is 0 Å². The molecule has 2 nitrogen and oxygen atoms in total. The van der Waals surface area contributed by atoms with Gasteiger partial charge in [0.15, 0.2) is 0 Å². The maximum atomic E-state index is 5.80. The van der Waals surface area contributed by atoms with Gasteiger partial charge in [0.05, 0.1) is 12.6 Å². The van der Waals surface area contributed by atoms with E-state index in [0.29, 0.717) is 0 Å². The molecule has 0 fully saturated rings. The largest absolute Gasteiger partial charge is 0.370 e. The fraction of sp³-hybridized carbons (Fsp3) is 0.429. The highest BCUT2D eigenvalue weighted by Gasteiger charge is 2.26. The van der Waals surface area contributed by atoms with Gasteiger partial charge in [-0.2, -0.15) is 0 Å². The van der Waals surface area contributed by atoms with E-state index in [2.05, 4.69) is 36.4 Å². The van der Waals surface area contributed by atoms with Crippen LogP contribution < -0.4 is 5.32 Å². The van der Waals surface area contributed by atoms with Gasteiger partial charge in [0.1, 0.15) is 6.10 Å². The van der Waals surface area contributed by atoms with E-state index in [-0.39, 0.29) is 12.1 Å². The zero-order valence-electron chi connectivity index (χ0n) is 9.57. The first kappa shape index (κ1) is 11.2. The van der Waals surface area contributed by atoms with Crippen molar-refractivity contribution < 1.29 is 4.74 Å². The first-order valence-electron chi connectivity index (χ1n) is 5.75. The Morgan fingerprint density at radius 3 is 3.12 bits per heavy atom. The number of nitrogens with one attached hydrogen (secondary N) is 1. The van der Waals surface area contributed by atoms with Crippen LogP contribution in [0.5, 0.6) is 0 Å². The normalized spacial score (nSPS) is 20.9. The summed E-state index contributed by atoms with van der Waals surface area (Å²) in [5.41, 5.74) is 2.59. The lowest BCUT2D eigenvalue weighted by atomic mass is 9.93. The van der Waals surface area contributed by atoms with Crippen LogP contribution in [0.2, 0.25) is 0 Å². The molecule has 0 aliphatic carbocycles. The lowest BCUT2D eigenvalue weighted by molar-refractivity contribution is 0.0287. The first-order chi connectivity index (χ1) is 7.86. The molecule has 2 rings (SSSR count). The number of fused-ring (bicyclic) bond motifs is 1. The molecular weight excluding hydrogens is 198 g/mol. The van der Waals surface area contributed by atoms with Crippen molar-refractivity contribution in [1.29, 1.82) is 0 Å². The van der Waals surface area contributed by atoms with Gasteiger partial charge in [0.2, 0.25) is 0 Å². The lowest BCUT2D eigenvalue weighted by Crippen LogP contribution is -2.37. The second kappa shape index (κ2) is 5.16.